The van der Waals surface area contributed by atoms with Gasteiger partial charge in [-0.3, -0.25) is 0 Å². The lowest BCUT2D eigenvalue weighted by Gasteiger charge is -2.28. The second-order valence-electron chi connectivity index (χ2n) is 16.3. The summed E-state index contributed by atoms with van der Waals surface area (Å²) in [6, 6.07) is 83.0. The van der Waals surface area contributed by atoms with Crippen LogP contribution in [0, 0.1) is 0 Å². The molecule has 0 aliphatic heterocycles. The summed E-state index contributed by atoms with van der Waals surface area (Å²) in [5.74, 6) is 0. The lowest BCUT2D eigenvalue weighted by atomic mass is 9.81. The lowest BCUT2D eigenvalue weighted by Crippen LogP contribution is -2.16. The minimum Gasteiger partial charge on any atom is -0.310 e. The standard InChI is InChI=1S/C59H46N2/c1-59(2)57-39-44(30-29-43-31-34-51(35-32-43)60(49-23-11-5-12-24-49)52-27-15-21-47(40-52)45-17-7-3-8-18-45)33-37-55(57)56-38-36-54(42-58(56)59)61(50-25-13-6-14-26-50)53-28-16-22-48(41-53)46-19-9-4-10-20-46/h3-42H,1-2H3/b30-29+. The topological polar surface area (TPSA) is 6.48 Å². The third-order valence-corrected chi connectivity index (χ3v) is 12.0. The Balaban J connectivity index is 0.931. The number of hydrogen-bond donors (Lipinski definition) is 0. The quantitative estimate of drug-likeness (QED) is 0.128. The lowest BCUT2D eigenvalue weighted by molar-refractivity contribution is 0.660. The van der Waals surface area contributed by atoms with Crippen molar-refractivity contribution in [3.8, 4) is 33.4 Å². The molecule has 0 amide bonds. The van der Waals surface area contributed by atoms with Crippen molar-refractivity contribution in [3.05, 3.63) is 253 Å². The van der Waals surface area contributed by atoms with E-state index in [4.69, 9.17) is 0 Å². The highest BCUT2D eigenvalue weighted by atomic mass is 15.1. The van der Waals surface area contributed by atoms with Gasteiger partial charge in [0.25, 0.3) is 0 Å². The van der Waals surface area contributed by atoms with Crippen LogP contribution in [0.3, 0.4) is 0 Å². The van der Waals surface area contributed by atoms with Gasteiger partial charge in [0.05, 0.1) is 0 Å². The first-order valence-electron chi connectivity index (χ1n) is 21.1. The second kappa shape index (κ2) is 16.2. The first-order chi connectivity index (χ1) is 30.0. The maximum absolute atomic E-state index is 2.41. The molecule has 0 fully saturated rings. The van der Waals surface area contributed by atoms with E-state index in [1.807, 2.05) is 0 Å². The minimum atomic E-state index is -0.181. The number of nitrogens with zero attached hydrogens (tertiary/aromatic N) is 2. The highest BCUT2D eigenvalue weighted by Crippen LogP contribution is 2.51. The summed E-state index contributed by atoms with van der Waals surface area (Å²) >= 11 is 0. The zero-order valence-corrected chi connectivity index (χ0v) is 34.5. The Morgan fingerprint density at radius 3 is 1.20 bits per heavy atom. The van der Waals surface area contributed by atoms with Gasteiger partial charge in [-0.15, -0.1) is 0 Å². The van der Waals surface area contributed by atoms with Gasteiger partial charge in [0.2, 0.25) is 0 Å². The van der Waals surface area contributed by atoms with E-state index in [0.29, 0.717) is 0 Å². The van der Waals surface area contributed by atoms with Crippen molar-refractivity contribution in [2.75, 3.05) is 9.80 Å². The highest BCUT2D eigenvalue weighted by molar-refractivity contribution is 5.88. The van der Waals surface area contributed by atoms with Crippen LogP contribution in [-0.2, 0) is 5.41 Å². The predicted octanol–water partition coefficient (Wildman–Crippen LogP) is 16.4. The Bertz CT molecular complexity index is 2970. The van der Waals surface area contributed by atoms with Crippen LogP contribution in [0.1, 0.15) is 36.1 Å². The summed E-state index contributed by atoms with van der Waals surface area (Å²) in [6.07, 6.45) is 4.47. The minimum absolute atomic E-state index is 0.181. The maximum Gasteiger partial charge on any atom is 0.0467 e. The molecule has 0 aromatic heterocycles. The molecule has 0 spiro atoms. The van der Waals surface area contributed by atoms with Crippen LogP contribution in [0.2, 0.25) is 0 Å². The van der Waals surface area contributed by atoms with Crippen LogP contribution in [-0.4, -0.2) is 0 Å². The van der Waals surface area contributed by atoms with E-state index in [0.717, 1.165) is 39.7 Å². The summed E-state index contributed by atoms with van der Waals surface area (Å²) in [5.41, 5.74) is 19.0. The average molecular weight is 783 g/mol. The molecule has 0 bridgehead atoms. The summed E-state index contributed by atoms with van der Waals surface area (Å²) < 4.78 is 0. The van der Waals surface area contributed by atoms with Crippen molar-refractivity contribution < 1.29 is 0 Å². The van der Waals surface area contributed by atoms with Crippen molar-refractivity contribution in [2.24, 2.45) is 0 Å². The Labute approximate surface area is 360 Å². The van der Waals surface area contributed by atoms with Crippen molar-refractivity contribution in [1.29, 1.82) is 0 Å². The van der Waals surface area contributed by atoms with E-state index in [1.54, 1.807) is 0 Å². The van der Waals surface area contributed by atoms with E-state index in [1.165, 1.54) is 50.1 Å². The Kier molecular flexibility index (Phi) is 9.96. The van der Waals surface area contributed by atoms with E-state index >= 15 is 0 Å². The van der Waals surface area contributed by atoms with Crippen LogP contribution in [0.5, 0.6) is 0 Å². The molecule has 292 valence electrons. The molecule has 0 heterocycles. The Hall–Kier alpha value is -7.68. The first kappa shape index (κ1) is 37.6. The fraction of sp³-hybridized carbons (Fsp3) is 0.0508. The molecule has 0 radical (unpaired) electrons. The van der Waals surface area contributed by atoms with Crippen LogP contribution in [0.15, 0.2) is 231 Å². The zero-order chi connectivity index (χ0) is 41.2. The number of anilines is 6. The molecule has 9 aromatic carbocycles. The predicted molar refractivity (Wildman–Crippen MR) is 260 cm³/mol. The van der Waals surface area contributed by atoms with Crippen molar-refractivity contribution in [2.45, 2.75) is 19.3 Å². The zero-order valence-electron chi connectivity index (χ0n) is 34.5. The molecule has 0 atom stereocenters. The van der Waals surface area contributed by atoms with E-state index in [-0.39, 0.29) is 5.41 Å². The van der Waals surface area contributed by atoms with Crippen molar-refractivity contribution in [1.82, 2.24) is 0 Å². The van der Waals surface area contributed by atoms with Gasteiger partial charge >= 0.3 is 0 Å². The van der Waals surface area contributed by atoms with Gasteiger partial charge in [-0.1, -0.05) is 184 Å². The molecule has 2 nitrogen and oxygen atoms in total. The maximum atomic E-state index is 2.41. The van der Waals surface area contributed by atoms with Crippen LogP contribution in [0.25, 0.3) is 45.5 Å². The Morgan fingerprint density at radius 1 is 0.295 bits per heavy atom. The summed E-state index contributed by atoms with van der Waals surface area (Å²) in [4.78, 5) is 4.71. The molecule has 61 heavy (non-hydrogen) atoms. The normalized spacial score (nSPS) is 12.5. The fourth-order valence-corrected chi connectivity index (χ4v) is 8.87. The SMILES string of the molecule is CC1(C)c2cc(/C=C/c3ccc(N(c4ccccc4)c4cccc(-c5ccccc5)c4)cc3)ccc2-c2ccc(N(c3ccccc3)c3cccc(-c4ccccc4)c3)cc21. The summed E-state index contributed by atoms with van der Waals surface area (Å²) in [6.45, 7) is 4.73. The molecule has 0 N–H and O–H groups in total. The summed E-state index contributed by atoms with van der Waals surface area (Å²) in [5, 5.41) is 0. The van der Waals surface area contributed by atoms with Gasteiger partial charge in [-0.25, -0.2) is 0 Å². The first-order valence-corrected chi connectivity index (χ1v) is 21.1. The fourth-order valence-electron chi connectivity index (χ4n) is 8.87. The smallest absolute Gasteiger partial charge is 0.0467 e. The highest BCUT2D eigenvalue weighted by Gasteiger charge is 2.36. The molecule has 0 saturated heterocycles. The van der Waals surface area contributed by atoms with Crippen molar-refractivity contribution >= 4 is 46.3 Å². The monoisotopic (exact) mass is 782 g/mol. The summed E-state index contributed by atoms with van der Waals surface area (Å²) in [7, 11) is 0. The number of fused-ring (bicyclic) bond motifs is 3. The molecule has 10 rings (SSSR count). The average Bonchev–Trinajstić information content (AvgIpc) is 3.55. The van der Waals surface area contributed by atoms with Gasteiger partial charge in [-0.05, 0) is 128 Å². The molecular formula is C59H46N2. The van der Waals surface area contributed by atoms with Crippen molar-refractivity contribution in [3.63, 3.8) is 0 Å². The molecular weight excluding hydrogens is 737 g/mol. The third kappa shape index (κ3) is 7.45. The molecule has 1 aliphatic carbocycles. The second-order valence-corrected chi connectivity index (χ2v) is 16.3. The number of para-hydroxylation sites is 2. The molecule has 0 saturated carbocycles. The van der Waals surface area contributed by atoms with E-state index in [2.05, 4.69) is 266 Å². The van der Waals surface area contributed by atoms with Gasteiger partial charge in [0.1, 0.15) is 0 Å². The van der Waals surface area contributed by atoms with Crippen LogP contribution >= 0.6 is 0 Å². The molecule has 9 aromatic rings. The molecule has 0 unspecified atom stereocenters. The van der Waals surface area contributed by atoms with Crippen LogP contribution < -0.4 is 9.80 Å². The van der Waals surface area contributed by atoms with Gasteiger partial charge < -0.3 is 9.80 Å². The number of benzene rings is 9. The molecule has 2 heteroatoms. The largest absolute Gasteiger partial charge is 0.310 e. The van der Waals surface area contributed by atoms with E-state index in [9.17, 15) is 0 Å². The van der Waals surface area contributed by atoms with Crippen LogP contribution in [0.4, 0.5) is 34.1 Å². The van der Waals surface area contributed by atoms with Gasteiger partial charge in [0.15, 0.2) is 0 Å². The molecule has 1 aliphatic rings. The van der Waals surface area contributed by atoms with E-state index < -0.39 is 0 Å². The number of rotatable bonds is 10. The third-order valence-electron chi connectivity index (χ3n) is 12.0. The van der Waals surface area contributed by atoms with Gasteiger partial charge in [-0.2, -0.15) is 0 Å². The van der Waals surface area contributed by atoms with Gasteiger partial charge in [0, 0.05) is 39.5 Å². The number of hydrogen-bond acceptors (Lipinski definition) is 2. The Morgan fingerprint density at radius 2 is 0.656 bits per heavy atom.